The summed E-state index contributed by atoms with van der Waals surface area (Å²) >= 11 is 1.38. The molecule has 0 unspecified atom stereocenters. The van der Waals surface area contributed by atoms with E-state index >= 15 is 0 Å². The van der Waals surface area contributed by atoms with Crippen molar-refractivity contribution in [1.82, 2.24) is 15.3 Å². The van der Waals surface area contributed by atoms with Crippen LogP contribution in [-0.2, 0) is 6.54 Å². The van der Waals surface area contributed by atoms with Gasteiger partial charge in [-0.05, 0) is 37.1 Å². The Morgan fingerprint density at radius 3 is 2.75 bits per heavy atom. The summed E-state index contributed by atoms with van der Waals surface area (Å²) in [5.74, 6) is 1.41. The van der Waals surface area contributed by atoms with Crippen molar-refractivity contribution in [2.75, 3.05) is 5.32 Å². The SMILES string of the molecule is Cc1c(C(=O)N[C@@H](C)c2ccccc2)sc2ncnc(NCc3ccco3)c12. The summed E-state index contributed by atoms with van der Waals surface area (Å²) in [6.07, 6.45) is 3.15. The third-order valence-electron chi connectivity index (χ3n) is 4.59. The zero-order chi connectivity index (χ0) is 19.5. The number of carbonyl (C=O) groups is 1. The fraction of sp³-hybridized carbons (Fsp3) is 0.190. The number of nitrogens with one attached hydrogen (secondary N) is 2. The number of thiophene rings is 1. The van der Waals surface area contributed by atoms with Crippen molar-refractivity contribution in [2.24, 2.45) is 0 Å². The maximum atomic E-state index is 12.9. The van der Waals surface area contributed by atoms with E-state index in [1.165, 1.54) is 17.7 Å². The maximum Gasteiger partial charge on any atom is 0.262 e. The molecular formula is C21H20N4O2S. The zero-order valence-corrected chi connectivity index (χ0v) is 16.4. The average Bonchev–Trinajstić information content (AvgIpc) is 3.35. The van der Waals surface area contributed by atoms with Crippen molar-refractivity contribution < 1.29 is 9.21 Å². The number of nitrogens with zero attached hydrogens (tertiary/aromatic N) is 2. The molecule has 0 spiro atoms. The van der Waals surface area contributed by atoms with Gasteiger partial charge in [-0.25, -0.2) is 9.97 Å². The van der Waals surface area contributed by atoms with E-state index in [4.69, 9.17) is 4.42 Å². The molecule has 3 heterocycles. The monoisotopic (exact) mass is 392 g/mol. The zero-order valence-electron chi connectivity index (χ0n) is 15.6. The number of anilines is 1. The van der Waals surface area contributed by atoms with Crippen molar-refractivity contribution >= 4 is 33.3 Å². The average molecular weight is 392 g/mol. The van der Waals surface area contributed by atoms with Crippen molar-refractivity contribution in [3.05, 3.63) is 76.8 Å². The van der Waals surface area contributed by atoms with Gasteiger partial charge in [-0.3, -0.25) is 4.79 Å². The normalized spacial score (nSPS) is 12.1. The molecule has 142 valence electrons. The summed E-state index contributed by atoms with van der Waals surface area (Å²) in [6.45, 7) is 4.43. The molecular weight excluding hydrogens is 372 g/mol. The van der Waals surface area contributed by atoms with Gasteiger partial charge in [-0.2, -0.15) is 0 Å². The smallest absolute Gasteiger partial charge is 0.262 e. The van der Waals surface area contributed by atoms with Gasteiger partial charge in [0, 0.05) is 0 Å². The second kappa shape index (κ2) is 7.82. The van der Waals surface area contributed by atoms with Crippen LogP contribution in [0.15, 0.2) is 59.5 Å². The van der Waals surface area contributed by atoms with Crippen molar-refractivity contribution in [3.8, 4) is 0 Å². The first-order chi connectivity index (χ1) is 13.6. The molecule has 0 aliphatic carbocycles. The summed E-state index contributed by atoms with van der Waals surface area (Å²) in [6, 6.07) is 13.6. The second-order valence-electron chi connectivity index (χ2n) is 6.50. The third-order valence-corrected chi connectivity index (χ3v) is 5.79. The number of furan rings is 1. The molecule has 3 aromatic heterocycles. The minimum atomic E-state index is -0.103. The summed E-state index contributed by atoms with van der Waals surface area (Å²) in [4.78, 5) is 23.0. The van der Waals surface area contributed by atoms with Gasteiger partial charge < -0.3 is 15.1 Å². The van der Waals surface area contributed by atoms with Gasteiger partial charge in [0.1, 0.15) is 22.7 Å². The van der Waals surface area contributed by atoms with Gasteiger partial charge >= 0.3 is 0 Å². The number of carbonyl (C=O) groups excluding carboxylic acids is 1. The Bertz CT molecular complexity index is 1090. The number of hydrogen-bond acceptors (Lipinski definition) is 6. The lowest BCUT2D eigenvalue weighted by molar-refractivity contribution is 0.0943. The second-order valence-corrected chi connectivity index (χ2v) is 7.50. The quantitative estimate of drug-likeness (QED) is 0.497. The van der Waals surface area contributed by atoms with Gasteiger partial charge in [-0.1, -0.05) is 30.3 Å². The highest BCUT2D eigenvalue weighted by atomic mass is 32.1. The molecule has 1 atom stereocenters. The van der Waals surface area contributed by atoms with Crippen LogP contribution in [0.5, 0.6) is 0 Å². The summed E-state index contributed by atoms with van der Waals surface area (Å²) in [7, 11) is 0. The van der Waals surface area contributed by atoms with E-state index in [0.717, 1.165) is 27.1 Å². The first kappa shape index (κ1) is 18.2. The predicted octanol–water partition coefficient (Wildman–Crippen LogP) is 4.70. The lowest BCUT2D eigenvalue weighted by Crippen LogP contribution is -2.26. The largest absolute Gasteiger partial charge is 0.467 e. The summed E-state index contributed by atoms with van der Waals surface area (Å²) < 4.78 is 5.36. The standard InChI is InChI=1S/C21H20N4O2S/c1-13-17-19(22-11-16-9-6-10-27-16)23-12-24-21(17)28-18(13)20(26)25-14(2)15-7-4-3-5-8-15/h3-10,12,14H,11H2,1-2H3,(H,25,26)(H,22,23,24)/t14-/m0/s1. The first-order valence-corrected chi connectivity index (χ1v) is 9.81. The molecule has 1 aromatic carbocycles. The molecule has 0 aliphatic rings. The maximum absolute atomic E-state index is 12.9. The minimum Gasteiger partial charge on any atom is -0.467 e. The van der Waals surface area contributed by atoms with E-state index in [9.17, 15) is 4.79 Å². The van der Waals surface area contributed by atoms with E-state index < -0.39 is 0 Å². The Hall–Kier alpha value is -3.19. The molecule has 4 aromatic rings. The molecule has 0 saturated heterocycles. The van der Waals surface area contributed by atoms with Crippen LogP contribution in [0.1, 0.15) is 39.5 Å². The Morgan fingerprint density at radius 2 is 2.00 bits per heavy atom. The van der Waals surface area contributed by atoms with Crippen molar-refractivity contribution in [1.29, 1.82) is 0 Å². The van der Waals surface area contributed by atoms with Crippen LogP contribution in [0, 0.1) is 6.92 Å². The molecule has 7 heteroatoms. The number of fused-ring (bicyclic) bond motifs is 1. The molecule has 0 radical (unpaired) electrons. The van der Waals surface area contributed by atoms with Crippen LogP contribution in [0.25, 0.3) is 10.2 Å². The summed E-state index contributed by atoms with van der Waals surface area (Å²) in [5, 5.41) is 7.23. The van der Waals surface area contributed by atoms with Gasteiger partial charge in [0.05, 0.1) is 29.1 Å². The van der Waals surface area contributed by atoms with Gasteiger partial charge in [0.15, 0.2) is 0 Å². The number of hydrogen-bond donors (Lipinski definition) is 2. The van der Waals surface area contributed by atoms with Crippen LogP contribution in [-0.4, -0.2) is 15.9 Å². The highest BCUT2D eigenvalue weighted by Gasteiger charge is 2.21. The first-order valence-electron chi connectivity index (χ1n) is 8.99. The van der Waals surface area contributed by atoms with Gasteiger partial charge in [0.2, 0.25) is 0 Å². The van der Waals surface area contributed by atoms with E-state index in [1.807, 2.05) is 56.3 Å². The number of rotatable bonds is 6. The fourth-order valence-electron chi connectivity index (χ4n) is 3.09. The van der Waals surface area contributed by atoms with Crippen LogP contribution in [0.4, 0.5) is 5.82 Å². The highest BCUT2D eigenvalue weighted by molar-refractivity contribution is 7.20. The molecule has 0 fully saturated rings. The van der Waals surface area contributed by atoms with Crippen LogP contribution in [0.3, 0.4) is 0 Å². The Balaban J connectivity index is 1.58. The molecule has 1 amide bonds. The summed E-state index contributed by atoms with van der Waals surface area (Å²) in [5.41, 5.74) is 1.94. The Kier molecular flexibility index (Phi) is 5.08. The van der Waals surface area contributed by atoms with Gasteiger partial charge in [-0.15, -0.1) is 11.3 Å². The lowest BCUT2D eigenvalue weighted by atomic mass is 10.1. The number of benzene rings is 1. The molecule has 28 heavy (non-hydrogen) atoms. The van der Waals surface area contributed by atoms with Crippen molar-refractivity contribution in [3.63, 3.8) is 0 Å². The highest BCUT2D eigenvalue weighted by Crippen LogP contribution is 2.33. The van der Waals surface area contributed by atoms with Gasteiger partial charge in [0.25, 0.3) is 5.91 Å². The number of aryl methyl sites for hydroxylation is 1. The minimum absolute atomic E-state index is 0.0825. The third kappa shape index (κ3) is 3.61. The fourth-order valence-corrected chi connectivity index (χ4v) is 4.15. The molecule has 6 nitrogen and oxygen atoms in total. The molecule has 4 rings (SSSR count). The number of aromatic nitrogens is 2. The Labute approximate surface area is 166 Å². The lowest BCUT2D eigenvalue weighted by Gasteiger charge is -2.14. The van der Waals surface area contributed by atoms with Crippen molar-refractivity contribution in [2.45, 2.75) is 26.4 Å². The van der Waals surface area contributed by atoms with E-state index in [0.29, 0.717) is 17.2 Å². The van der Waals surface area contributed by atoms with Crippen LogP contribution >= 0.6 is 11.3 Å². The Morgan fingerprint density at radius 1 is 1.18 bits per heavy atom. The molecule has 0 bridgehead atoms. The van der Waals surface area contributed by atoms with Crippen LogP contribution < -0.4 is 10.6 Å². The van der Waals surface area contributed by atoms with E-state index in [-0.39, 0.29) is 11.9 Å². The predicted molar refractivity (Wildman–Crippen MR) is 111 cm³/mol. The van der Waals surface area contributed by atoms with E-state index in [2.05, 4.69) is 20.6 Å². The molecule has 0 aliphatic heterocycles. The molecule has 2 N–H and O–H groups in total. The van der Waals surface area contributed by atoms with E-state index in [1.54, 1.807) is 6.26 Å². The van der Waals surface area contributed by atoms with Crippen LogP contribution in [0.2, 0.25) is 0 Å². The molecule has 0 saturated carbocycles. The number of amides is 1. The topological polar surface area (TPSA) is 80.0 Å².